The van der Waals surface area contributed by atoms with Gasteiger partial charge in [0.15, 0.2) is 5.01 Å². The molecule has 3 aromatic rings. The molecule has 0 aromatic carbocycles. The Morgan fingerprint density at radius 3 is 3.08 bits per heavy atom. The van der Waals surface area contributed by atoms with Crippen molar-refractivity contribution in [2.45, 2.75) is 38.2 Å². The van der Waals surface area contributed by atoms with Gasteiger partial charge in [0, 0.05) is 23.6 Å². The number of carbonyl (C=O) groups excluding carboxylic acids is 1. The Kier molecular flexibility index (Phi) is 4.22. The first kappa shape index (κ1) is 17.1. The zero-order valence-electron chi connectivity index (χ0n) is 14.2. The number of carbonyl (C=O) groups is 1. The number of nitrogens with zero attached hydrogens (tertiary/aromatic N) is 3. The maximum Gasteiger partial charge on any atom is 0.280 e. The number of pyridine rings is 1. The molecule has 5 nitrogen and oxygen atoms in total. The lowest BCUT2D eigenvalue weighted by molar-refractivity contribution is -0.0784. The van der Waals surface area contributed by atoms with E-state index < -0.39 is 17.9 Å². The van der Waals surface area contributed by atoms with Crippen LogP contribution in [-0.2, 0) is 0 Å². The van der Waals surface area contributed by atoms with Crippen LogP contribution < -0.4 is 5.32 Å². The van der Waals surface area contributed by atoms with Gasteiger partial charge in [-0.2, -0.15) is 5.10 Å². The molecule has 26 heavy (non-hydrogen) atoms. The number of halogens is 2. The number of hydrogen-bond acceptors (Lipinski definition) is 4. The predicted octanol–water partition coefficient (Wildman–Crippen LogP) is 4.01. The van der Waals surface area contributed by atoms with Crippen LogP contribution in [0.2, 0.25) is 0 Å². The van der Waals surface area contributed by atoms with Gasteiger partial charge in [0.05, 0.1) is 23.4 Å². The lowest BCUT2D eigenvalue weighted by Gasteiger charge is -2.36. The highest BCUT2D eigenvalue weighted by atomic mass is 32.1. The molecule has 1 N–H and O–H groups in total. The number of fused-ring (bicyclic) bond motifs is 1. The molecule has 0 bridgehead atoms. The second-order valence-corrected chi connectivity index (χ2v) is 7.57. The van der Waals surface area contributed by atoms with Crippen molar-refractivity contribution in [2.75, 3.05) is 0 Å². The standard InChI is InChI=1S/C18H18F2N4OS/c1-11-5-4-7-18(19,20)15(11)23-16(25)17-22-13(10-26-17)12-9-21-24-8-3-2-6-14(12)24/h2-3,6,8-11,15H,4-5,7H2,1H3,(H,23,25)/t11-,15-/m1/s1. The van der Waals surface area contributed by atoms with Gasteiger partial charge < -0.3 is 5.32 Å². The number of thiazole rings is 1. The number of rotatable bonds is 3. The van der Waals surface area contributed by atoms with E-state index in [2.05, 4.69) is 15.4 Å². The first-order valence-corrected chi connectivity index (χ1v) is 9.40. The molecule has 136 valence electrons. The van der Waals surface area contributed by atoms with Crippen LogP contribution in [-0.4, -0.2) is 32.5 Å². The van der Waals surface area contributed by atoms with Gasteiger partial charge in [-0.3, -0.25) is 4.79 Å². The third-order valence-corrected chi connectivity index (χ3v) is 5.72. The van der Waals surface area contributed by atoms with Crippen molar-refractivity contribution in [2.24, 2.45) is 5.92 Å². The molecule has 0 saturated heterocycles. The van der Waals surface area contributed by atoms with E-state index in [-0.39, 0.29) is 17.3 Å². The molecule has 8 heteroatoms. The molecule has 1 saturated carbocycles. The summed E-state index contributed by atoms with van der Waals surface area (Å²) < 4.78 is 30.0. The van der Waals surface area contributed by atoms with Gasteiger partial charge in [0.1, 0.15) is 0 Å². The first-order valence-electron chi connectivity index (χ1n) is 8.52. The summed E-state index contributed by atoms with van der Waals surface area (Å²) in [7, 11) is 0. The summed E-state index contributed by atoms with van der Waals surface area (Å²) >= 11 is 1.15. The Morgan fingerprint density at radius 2 is 2.27 bits per heavy atom. The van der Waals surface area contributed by atoms with Crippen LogP contribution in [0.25, 0.3) is 16.8 Å². The molecule has 1 fully saturated rings. The summed E-state index contributed by atoms with van der Waals surface area (Å²) in [6, 6.07) is 4.53. The lowest BCUT2D eigenvalue weighted by atomic mass is 9.83. The SMILES string of the molecule is C[C@@H]1CCCC(F)(F)[C@@H]1NC(=O)c1nc(-c2cnn3ccccc23)cs1. The zero-order chi connectivity index (χ0) is 18.3. The van der Waals surface area contributed by atoms with E-state index in [0.717, 1.165) is 22.4 Å². The fourth-order valence-electron chi connectivity index (χ4n) is 3.48. The Hall–Kier alpha value is -2.35. The van der Waals surface area contributed by atoms with E-state index in [0.29, 0.717) is 18.5 Å². The van der Waals surface area contributed by atoms with Crippen molar-refractivity contribution in [1.82, 2.24) is 19.9 Å². The van der Waals surface area contributed by atoms with Gasteiger partial charge in [-0.1, -0.05) is 13.0 Å². The van der Waals surface area contributed by atoms with Crippen LogP contribution in [0.4, 0.5) is 8.78 Å². The minimum absolute atomic E-state index is 0.184. The van der Waals surface area contributed by atoms with Crippen LogP contribution >= 0.6 is 11.3 Å². The molecule has 0 aliphatic heterocycles. The van der Waals surface area contributed by atoms with Crippen LogP contribution in [0.1, 0.15) is 36.0 Å². The number of hydrogen-bond donors (Lipinski definition) is 1. The Morgan fingerprint density at radius 1 is 1.42 bits per heavy atom. The third kappa shape index (κ3) is 2.98. The predicted molar refractivity (Wildman–Crippen MR) is 95.5 cm³/mol. The molecule has 1 aliphatic carbocycles. The molecule has 4 rings (SSSR count). The highest BCUT2D eigenvalue weighted by Crippen LogP contribution is 2.37. The Balaban J connectivity index is 1.57. The topological polar surface area (TPSA) is 59.3 Å². The summed E-state index contributed by atoms with van der Waals surface area (Å²) in [6.07, 6.45) is 4.49. The molecule has 0 spiro atoms. The van der Waals surface area contributed by atoms with Crippen molar-refractivity contribution >= 4 is 22.8 Å². The Bertz CT molecular complexity index is 951. The van der Waals surface area contributed by atoms with Crippen LogP contribution in [0, 0.1) is 5.92 Å². The van der Waals surface area contributed by atoms with Gasteiger partial charge in [-0.15, -0.1) is 11.3 Å². The lowest BCUT2D eigenvalue weighted by Crippen LogP contribution is -2.53. The highest BCUT2D eigenvalue weighted by Gasteiger charge is 2.46. The van der Waals surface area contributed by atoms with E-state index in [1.807, 2.05) is 24.4 Å². The van der Waals surface area contributed by atoms with E-state index in [4.69, 9.17) is 0 Å². The molecule has 1 amide bonds. The number of alkyl halides is 2. The average molecular weight is 376 g/mol. The van der Waals surface area contributed by atoms with Crippen molar-refractivity contribution in [3.05, 3.63) is 41.0 Å². The molecular weight excluding hydrogens is 358 g/mol. The molecule has 2 atom stereocenters. The summed E-state index contributed by atoms with van der Waals surface area (Å²) in [4.78, 5) is 16.8. The van der Waals surface area contributed by atoms with Gasteiger partial charge in [0.2, 0.25) is 0 Å². The summed E-state index contributed by atoms with van der Waals surface area (Å²) in [5.41, 5.74) is 2.29. The van der Waals surface area contributed by atoms with Crippen LogP contribution in [0.3, 0.4) is 0 Å². The van der Waals surface area contributed by atoms with Crippen molar-refractivity contribution in [3.63, 3.8) is 0 Å². The summed E-state index contributed by atoms with van der Waals surface area (Å²) in [5, 5.41) is 8.70. The molecule has 3 aromatic heterocycles. The normalized spacial score (nSPS) is 22.4. The van der Waals surface area contributed by atoms with E-state index in [9.17, 15) is 13.6 Å². The number of nitrogens with one attached hydrogen (secondary N) is 1. The number of aromatic nitrogens is 3. The monoisotopic (exact) mass is 376 g/mol. The summed E-state index contributed by atoms with van der Waals surface area (Å²) in [6.45, 7) is 1.75. The first-order chi connectivity index (χ1) is 12.5. The molecule has 0 radical (unpaired) electrons. The van der Waals surface area contributed by atoms with Gasteiger partial charge in [0.25, 0.3) is 11.8 Å². The van der Waals surface area contributed by atoms with Gasteiger partial charge in [-0.25, -0.2) is 18.3 Å². The zero-order valence-corrected chi connectivity index (χ0v) is 15.0. The van der Waals surface area contributed by atoms with Crippen LogP contribution in [0.15, 0.2) is 36.0 Å². The summed E-state index contributed by atoms with van der Waals surface area (Å²) in [5.74, 6) is -3.69. The van der Waals surface area contributed by atoms with Crippen LogP contribution in [0.5, 0.6) is 0 Å². The second-order valence-electron chi connectivity index (χ2n) is 6.71. The fraction of sp³-hybridized carbons (Fsp3) is 0.389. The smallest absolute Gasteiger partial charge is 0.280 e. The molecule has 0 unspecified atom stereocenters. The average Bonchev–Trinajstić information content (AvgIpc) is 3.24. The van der Waals surface area contributed by atoms with Crippen molar-refractivity contribution in [3.8, 4) is 11.3 Å². The Labute approximate surface area is 153 Å². The maximum atomic E-state index is 14.2. The molecule has 3 heterocycles. The second kappa shape index (κ2) is 6.42. The van der Waals surface area contributed by atoms with Gasteiger partial charge >= 0.3 is 0 Å². The fourth-order valence-corrected chi connectivity index (χ4v) is 4.20. The van der Waals surface area contributed by atoms with Crippen molar-refractivity contribution < 1.29 is 13.6 Å². The third-order valence-electron chi connectivity index (χ3n) is 4.88. The van der Waals surface area contributed by atoms with Gasteiger partial charge in [-0.05, 0) is 30.9 Å². The minimum atomic E-state index is -2.88. The molecule has 1 aliphatic rings. The van der Waals surface area contributed by atoms with E-state index in [1.54, 1.807) is 23.0 Å². The maximum absolute atomic E-state index is 14.2. The largest absolute Gasteiger partial charge is 0.341 e. The van der Waals surface area contributed by atoms with E-state index >= 15 is 0 Å². The minimum Gasteiger partial charge on any atom is -0.341 e. The van der Waals surface area contributed by atoms with Crippen molar-refractivity contribution in [1.29, 1.82) is 0 Å². The van der Waals surface area contributed by atoms with E-state index in [1.165, 1.54) is 0 Å². The molecular formula is C18H18F2N4OS. The quantitative estimate of drug-likeness (QED) is 0.751. The number of amides is 1. The highest BCUT2D eigenvalue weighted by molar-refractivity contribution is 7.12.